The summed E-state index contributed by atoms with van der Waals surface area (Å²) >= 11 is 0. The summed E-state index contributed by atoms with van der Waals surface area (Å²) in [6.07, 6.45) is 0. The van der Waals surface area contributed by atoms with Crippen molar-refractivity contribution in [3.8, 4) is 0 Å². The van der Waals surface area contributed by atoms with Crippen LogP contribution in [0.25, 0.3) is 0 Å². The summed E-state index contributed by atoms with van der Waals surface area (Å²) < 4.78 is 0. The van der Waals surface area contributed by atoms with Gasteiger partial charge < -0.3 is 4.90 Å². The molecule has 3 nitrogen and oxygen atoms in total. The molecule has 0 saturated heterocycles. The molecule has 0 fully saturated rings. The molecule has 3 aromatic rings. The molecular formula is C21H17N3. The third-order valence-corrected chi connectivity index (χ3v) is 3.96. The largest absolute Gasteiger partial charge is 0.306 e. The Bertz CT molecular complexity index is 869. The van der Waals surface area contributed by atoms with Crippen molar-refractivity contribution < 1.29 is 0 Å². The highest BCUT2D eigenvalue weighted by Gasteiger charge is 2.20. The Morgan fingerprint density at radius 1 is 0.625 bits per heavy atom. The first kappa shape index (κ1) is 14.4. The van der Waals surface area contributed by atoms with E-state index >= 15 is 0 Å². The topological polar surface area (TPSA) is 28.0 Å². The van der Waals surface area contributed by atoms with E-state index in [0.717, 1.165) is 28.5 Å². The number of rotatable bonds is 3. The lowest BCUT2D eigenvalue weighted by Crippen LogP contribution is -2.36. The average molecular weight is 311 g/mol. The molecular weight excluding hydrogens is 294 g/mol. The fourth-order valence-electron chi connectivity index (χ4n) is 2.76. The van der Waals surface area contributed by atoms with E-state index in [4.69, 9.17) is 4.99 Å². The minimum Gasteiger partial charge on any atom is -0.306 e. The molecule has 116 valence electrons. The number of amidine groups is 2. The Morgan fingerprint density at radius 3 is 1.79 bits per heavy atom. The van der Waals surface area contributed by atoms with Gasteiger partial charge in [-0.1, -0.05) is 78.9 Å². The summed E-state index contributed by atoms with van der Waals surface area (Å²) in [4.78, 5) is 11.7. The highest BCUT2D eigenvalue weighted by molar-refractivity contribution is 6.18. The summed E-state index contributed by atoms with van der Waals surface area (Å²) in [7, 11) is 0. The number of nitrogens with zero attached hydrogens (tertiary/aromatic N) is 3. The van der Waals surface area contributed by atoms with Crippen molar-refractivity contribution in [3.05, 3.63) is 102 Å². The van der Waals surface area contributed by atoms with E-state index in [-0.39, 0.29) is 0 Å². The Hall–Kier alpha value is -3.20. The van der Waals surface area contributed by atoms with Crippen LogP contribution in [0, 0.1) is 0 Å². The molecule has 0 saturated carbocycles. The highest BCUT2D eigenvalue weighted by Crippen LogP contribution is 2.21. The summed E-state index contributed by atoms with van der Waals surface area (Å²) in [5.41, 5.74) is 3.22. The third-order valence-electron chi connectivity index (χ3n) is 3.96. The highest BCUT2D eigenvalue weighted by atomic mass is 15.3. The number of benzene rings is 3. The van der Waals surface area contributed by atoms with Gasteiger partial charge in [0, 0.05) is 16.8 Å². The van der Waals surface area contributed by atoms with Gasteiger partial charge in [0.1, 0.15) is 12.5 Å². The van der Waals surface area contributed by atoms with Crippen molar-refractivity contribution in [3.63, 3.8) is 0 Å². The lowest BCUT2D eigenvalue weighted by Gasteiger charge is -2.28. The van der Waals surface area contributed by atoms with Crippen LogP contribution in [0.3, 0.4) is 0 Å². The van der Waals surface area contributed by atoms with Crippen molar-refractivity contribution in [2.24, 2.45) is 9.98 Å². The van der Waals surface area contributed by atoms with Crippen LogP contribution in [0.15, 0.2) is 101 Å². The minimum atomic E-state index is 0.558. The van der Waals surface area contributed by atoms with Crippen molar-refractivity contribution in [1.82, 2.24) is 0 Å². The molecule has 1 aliphatic heterocycles. The van der Waals surface area contributed by atoms with E-state index in [0.29, 0.717) is 6.67 Å². The van der Waals surface area contributed by atoms with E-state index in [1.54, 1.807) is 0 Å². The predicted octanol–water partition coefficient (Wildman–Crippen LogP) is 4.36. The molecule has 0 radical (unpaired) electrons. The van der Waals surface area contributed by atoms with Crippen LogP contribution in [0.4, 0.5) is 5.69 Å². The molecule has 1 aliphatic rings. The van der Waals surface area contributed by atoms with Crippen LogP contribution in [0.2, 0.25) is 0 Å². The number of aliphatic imine (C=N–C) groups is 2. The first-order valence-electron chi connectivity index (χ1n) is 7.98. The van der Waals surface area contributed by atoms with E-state index in [2.05, 4.69) is 34.2 Å². The molecule has 0 bridgehead atoms. The van der Waals surface area contributed by atoms with Gasteiger partial charge >= 0.3 is 0 Å². The fourth-order valence-corrected chi connectivity index (χ4v) is 2.76. The molecule has 0 unspecified atom stereocenters. The minimum absolute atomic E-state index is 0.558. The van der Waals surface area contributed by atoms with Gasteiger partial charge in [0.15, 0.2) is 5.84 Å². The SMILES string of the molecule is c1ccc(C2=NCN(c3ccccc3)C(c3ccccc3)=N2)cc1. The van der Waals surface area contributed by atoms with Gasteiger partial charge in [0.05, 0.1) is 0 Å². The van der Waals surface area contributed by atoms with Gasteiger partial charge in [-0.2, -0.15) is 0 Å². The summed E-state index contributed by atoms with van der Waals surface area (Å²) in [6.45, 7) is 0.558. The molecule has 0 amide bonds. The van der Waals surface area contributed by atoms with Gasteiger partial charge in [-0.3, -0.25) is 0 Å². The Balaban J connectivity index is 1.79. The van der Waals surface area contributed by atoms with Gasteiger partial charge in [-0.25, -0.2) is 9.98 Å². The van der Waals surface area contributed by atoms with Crippen LogP contribution >= 0.6 is 0 Å². The maximum Gasteiger partial charge on any atom is 0.158 e. The molecule has 1 heterocycles. The number of hydrogen-bond acceptors (Lipinski definition) is 3. The van der Waals surface area contributed by atoms with Crippen LogP contribution in [0.1, 0.15) is 11.1 Å². The smallest absolute Gasteiger partial charge is 0.158 e. The van der Waals surface area contributed by atoms with Gasteiger partial charge in [0.2, 0.25) is 0 Å². The second-order valence-corrected chi connectivity index (χ2v) is 5.55. The third kappa shape index (κ3) is 2.84. The Kier molecular flexibility index (Phi) is 3.90. The van der Waals surface area contributed by atoms with Crippen LogP contribution in [-0.4, -0.2) is 18.3 Å². The van der Waals surface area contributed by atoms with Crippen molar-refractivity contribution in [2.75, 3.05) is 11.6 Å². The maximum absolute atomic E-state index is 4.87. The zero-order chi connectivity index (χ0) is 16.2. The number of anilines is 1. The molecule has 4 rings (SSSR count). The van der Waals surface area contributed by atoms with E-state index in [1.165, 1.54) is 0 Å². The molecule has 0 spiro atoms. The molecule has 3 aromatic carbocycles. The molecule has 0 atom stereocenters. The van der Waals surface area contributed by atoms with Crippen LogP contribution in [0.5, 0.6) is 0 Å². The fraction of sp³-hybridized carbons (Fsp3) is 0.0476. The lowest BCUT2D eigenvalue weighted by molar-refractivity contribution is 0.985. The van der Waals surface area contributed by atoms with Gasteiger partial charge in [0.25, 0.3) is 0 Å². The van der Waals surface area contributed by atoms with E-state index < -0.39 is 0 Å². The number of para-hydroxylation sites is 1. The van der Waals surface area contributed by atoms with Gasteiger partial charge in [-0.15, -0.1) is 0 Å². The van der Waals surface area contributed by atoms with Crippen molar-refractivity contribution in [2.45, 2.75) is 0 Å². The zero-order valence-electron chi connectivity index (χ0n) is 13.2. The molecule has 0 aromatic heterocycles. The van der Waals surface area contributed by atoms with E-state index in [9.17, 15) is 0 Å². The zero-order valence-corrected chi connectivity index (χ0v) is 13.2. The van der Waals surface area contributed by atoms with Crippen LogP contribution < -0.4 is 4.90 Å². The molecule has 0 aliphatic carbocycles. The summed E-state index contributed by atoms with van der Waals surface area (Å²) in [5.74, 6) is 1.71. The summed E-state index contributed by atoms with van der Waals surface area (Å²) in [5, 5.41) is 0. The first-order valence-corrected chi connectivity index (χ1v) is 7.98. The maximum atomic E-state index is 4.87. The average Bonchev–Trinajstić information content (AvgIpc) is 2.69. The molecule has 0 N–H and O–H groups in total. The molecule has 24 heavy (non-hydrogen) atoms. The van der Waals surface area contributed by atoms with Gasteiger partial charge in [-0.05, 0) is 12.1 Å². The van der Waals surface area contributed by atoms with Crippen LogP contribution in [-0.2, 0) is 0 Å². The van der Waals surface area contributed by atoms with Crippen molar-refractivity contribution >= 4 is 17.4 Å². The molecule has 3 heteroatoms. The second-order valence-electron chi connectivity index (χ2n) is 5.55. The second kappa shape index (κ2) is 6.50. The standard InChI is InChI=1S/C21H17N3/c1-4-10-17(11-5-1)20-22-16-24(19-14-8-3-9-15-19)21(23-20)18-12-6-2-7-13-18/h1-15H,16H2. The predicted molar refractivity (Wildman–Crippen MR) is 99.7 cm³/mol. The quantitative estimate of drug-likeness (QED) is 0.706. The normalized spacial score (nSPS) is 14.1. The Morgan fingerprint density at radius 2 is 1.17 bits per heavy atom. The first-order chi connectivity index (χ1) is 11.9. The number of hydrogen-bond donors (Lipinski definition) is 0. The summed E-state index contributed by atoms with van der Waals surface area (Å²) in [6, 6.07) is 30.6. The monoisotopic (exact) mass is 311 g/mol. The Labute approximate surface area is 141 Å². The van der Waals surface area contributed by atoms with Crippen molar-refractivity contribution in [1.29, 1.82) is 0 Å². The lowest BCUT2D eigenvalue weighted by atomic mass is 10.1. The van der Waals surface area contributed by atoms with E-state index in [1.807, 2.05) is 66.7 Å².